The topological polar surface area (TPSA) is 105 Å². The van der Waals surface area contributed by atoms with Crippen LogP contribution in [0, 0.1) is 0 Å². The standard InChI is InChI=1S/C24H35N2O7/c1-10-31-19(27)14-15(20(28)32-11-2)18-16-13(12-23(6,7)26(30)24(16,8)9)17(14)25(18)21(29)33-22(3,4)5/h17-18H,10-12H2,1-9H3/t17-,18-/m1/s1. The molecule has 9 heteroatoms. The van der Waals surface area contributed by atoms with Gasteiger partial charge in [-0.3, -0.25) is 4.90 Å². The lowest BCUT2D eigenvalue weighted by atomic mass is 9.70. The zero-order valence-corrected chi connectivity index (χ0v) is 21.0. The molecular formula is C24H35N2O7. The highest BCUT2D eigenvalue weighted by Crippen LogP contribution is 2.56. The molecule has 3 aliphatic heterocycles. The Morgan fingerprint density at radius 2 is 1.42 bits per heavy atom. The summed E-state index contributed by atoms with van der Waals surface area (Å²) in [5.74, 6) is -1.38. The Morgan fingerprint density at radius 1 is 0.939 bits per heavy atom. The number of fused-ring (bicyclic) bond motifs is 4. The van der Waals surface area contributed by atoms with E-state index in [1.807, 2.05) is 13.8 Å². The lowest BCUT2D eigenvalue weighted by Gasteiger charge is -2.49. The first kappa shape index (κ1) is 25.2. The number of rotatable bonds is 4. The van der Waals surface area contributed by atoms with Crippen LogP contribution in [0.2, 0.25) is 0 Å². The Kier molecular flexibility index (Phi) is 6.22. The third-order valence-electron chi connectivity index (χ3n) is 6.28. The number of hydrogen-bond acceptors (Lipinski definition) is 7. The summed E-state index contributed by atoms with van der Waals surface area (Å²) in [4.78, 5) is 41.1. The van der Waals surface area contributed by atoms with Gasteiger partial charge in [0.25, 0.3) is 0 Å². The van der Waals surface area contributed by atoms with E-state index in [-0.39, 0.29) is 24.4 Å². The van der Waals surface area contributed by atoms with E-state index in [0.29, 0.717) is 12.0 Å². The third-order valence-corrected chi connectivity index (χ3v) is 6.28. The average Bonchev–Trinajstić information content (AvgIpc) is 3.16. The Labute approximate surface area is 195 Å². The van der Waals surface area contributed by atoms with Crippen LogP contribution < -0.4 is 0 Å². The fourth-order valence-electron chi connectivity index (χ4n) is 5.38. The number of hydrogen-bond donors (Lipinski definition) is 0. The van der Waals surface area contributed by atoms with Crippen molar-refractivity contribution < 1.29 is 33.8 Å². The average molecular weight is 464 g/mol. The number of ether oxygens (including phenoxy) is 3. The molecule has 33 heavy (non-hydrogen) atoms. The van der Waals surface area contributed by atoms with Crippen LogP contribution in [0.1, 0.15) is 68.7 Å². The van der Waals surface area contributed by atoms with Crippen molar-refractivity contribution >= 4 is 18.0 Å². The monoisotopic (exact) mass is 463 g/mol. The van der Waals surface area contributed by atoms with Gasteiger partial charge in [-0.2, -0.15) is 0 Å². The van der Waals surface area contributed by atoms with Crippen LogP contribution in [0.15, 0.2) is 22.3 Å². The second-order valence-corrected chi connectivity index (χ2v) is 10.7. The molecule has 3 rings (SSSR count). The minimum Gasteiger partial charge on any atom is -0.463 e. The van der Waals surface area contributed by atoms with Gasteiger partial charge in [0.05, 0.1) is 42.0 Å². The van der Waals surface area contributed by atoms with Crippen molar-refractivity contribution in [1.82, 2.24) is 9.96 Å². The molecule has 0 spiro atoms. The van der Waals surface area contributed by atoms with E-state index in [0.717, 1.165) is 10.6 Å². The van der Waals surface area contributed by atoms with E-state index < -0.39 is 46.8 Å². The lowest BCUT2D eigenvalue weighted by Crippen LogP contribution is -2.59. The summed E-state index contributed by atoms with van der Waals surface area (Å²) in [6.07, 6.45) is -0.339. The molecule has 9 nitrogen and oxygen atoms in total. The Morgan fingerprint density at radius 3 is 1.88 bits per heavy atom. The van der Waals surface area contributed by atoms with Gasteiger partial charge < -0.3 is 14.2 Å². The smallest absolute Gasteiger partial charge is 0.411 e. The molecule has 0 fully saturated rings. The van der Waals surface area contributed by atoms with Gasteiger partial charge in [-0.25, -0.2) is 14.4 Å². The van der Waals surface area contributed by atoms with E-state index in [2.05, 4.69) is 0 Å². The number of carbonyl (C=O) groups excluding carboxylic acids is 3. The maximum absolute atomic E-state index is 13.4. The van der Waals surface area contributed by atoms with Crippen LogP contribution in [0.5, 0.6) is 0 Å². The molecule has 2 bridgehead atoms. The zero-order valence-electron chi connectivity index (χ0n) is 21.0. The van der Waals surface area contributed by atoms with Crippen molar-refractivity contribution in [1.29, 1.82) is 0 Å². The molecule has 0 unspecified atom stereocenters. The van der Waals surface area contributed by atoms with Crippen molar-refractivity contribution in [3.8, 4) is 0 Å². The van der Waals surface area contributed by atoms with Crippen molar-refractivity contribution in [2.45, 2.75) is 97.5 Å². The van der Waals surface area contributed by atoms with Gasteiger partial charge in [-0.1, -0.05) is 0 Å². The second kappa shape index (κ2) is 8.13. The quantitative estimate of drug-likeness (QED) is 0.358. The largest absolute Gasteiger partial charge is 0.463 e. The molecule has 0 saturated heterocycles. The second-order valence-electron chi connectivity index (χ2n) is 10.7. The first-order chi connectivity index (χ1) is 15.1. The molecule has 0 aliphatic carbocycles. The van der Waals surface area contributed by atoms with E-state index >= 15 is 0 Å². The molecule has 1 amide bonds. The van der Waals surface area contributed by atoms with Crippen LogP contribution in [-0.4, -0.2) is 70.0 Å². The summed E-state index contributed by atoms with van der Waals surface area (Å²) >= 11 is 0. The van der Waals surface area contributed by atoms with Crippen LogP contribution in [0.3, 0.4) is 0 Å². The van der Waals surface area contributed by atoms with Gasteiger partial charge in [0.2, 0.25) is 0 Å². The molecule has 2 atom stereocenters. The van der Waals surface area contributed by atoms with Crippen LogP contribution >= 0.6 is 0 Å². The van der Waals surface area contributed by atoms with E-state index in [1.54, 1.807) is 48.5 Å². The fraction of sp³-hybridized carbons (Fsp3) is 0.708. The molecule has 1 radical (unpaired) electrons. The maximum atomic E-state index is 13.4. The maximum Gasteiger partial charge on any atom is 0.411 e. The number of nitrogens with zero attached hydrogens (tertiary/aromatic N) is 2. The molecule has 0 aromatic heterocycles. The van der Waals surface area contributed by atoms with Crippen molar-refractivity contribution in [3.05, 3.63) is 22.3 Å². The molecule has 3 heterocycles. The minimum absolute atomic E-state index is 0.0473. The van der Waals surface area contributed by atoms with Crippen LogP contribution in [0.25, 0.3) is 0 Å². The van der Waals surface area contributed by atoms with Crippen LogP contribution in [0.4, 0.5) is 4.79 Å². The molecule has 3 aliphatic rings. The first-order valence-corrected chi connectivity index (χ1v) is 11.4. The predicted molar refractivity (Wildman–Crippen MR) is 118 cm³/mol. The lowest BCUT2D eigenvalue weighted by molar-refractivity contribution is -0.266. The van der Waals surface area contributed by atoms with E-state index in [9.17, 15) is 19.6 Å². The summed E-state index contributed by atoms with van der Waals surface area (Å²) in [7, 11) is 0. The van der Waals surface area contributed by atoms with Gasteiger partial charge in [0.1, 0.15) is 5.60 Å². The normalized spacial score (nSPS) is 25.8. The highest BCUT2D eigenvalue weighted by Gasteiger charge is 2.64. The van der Waals surface area contributed by atoms with Crippen molar-refractivity contribution in [2.24, 2.45) is 0 Å². The summed E-state index contributed by atoms with van der Waals surface area (Å²) in [6.45, 7) is 16.0. The Bertz CT molecular complexity index is 939. The fourth-order valence-corrected chi connectivity index (χ4v) is 5.38. The highest BCUT2D eigenvalue weighted by atomic mass is 16.6. The number of hydroxylamine groups is 2. The van der Waals surface area contributed by atoms with Gasteiger partial charge in [0, 0.05) is 5.54 Å². The first-order valence-electron chi connectivity index (χ1n) is 11.4. The number of esters is 2. The summed E-state index contributed by atoms with van der Waals surface area (Å²) in [6, 6.07) is -1.80. The number of carbonyl (C=O) groups is 3. The minimum atomic E-state index is -1.03. The van der Waals surface area contributed by atoms with Crippen LogP contribution in [-0.2, 0) is 29.0 Å². The van der Waals surface area contributed by atoms with Crippen molar-refractivity contribution in [3.63, 3.8) is 0 Å². The summed E-state index contributed by atoms with van der Waals surface area (Å²) in [5.41, 5.74) is -1.05. The molecule has 0 aromatic carbocycles. The summed E-state index contributed by atoms with van der Waals surface area (Å²) < 4.78 is 16.2. The predicted octanol–water partition coefficient (Wildman–Crippen LogP) is 3.32. The number of amides is 1. The van der Waals surface area contributed by atoms with Gasteiger partial charge in [-0.15, -0.1) is 10.3 Å². The van der Waals surface area contributed by atoms with E-state index in [1.165, 1.54) is 4.90 Å². The third kappa shape index (κ3) is 3.95. The zero-order chi connectivity index (χ0) is 25.1. The Balaban J connectivity index is 2.25. The highest BCUT2D eigenvalue weighted by molar-refractivity contribution is 6.07. The van der Waals surface area contributed by atoms with E-state index in [4.69, 9.17) is 14.2 Å². The summed E-state index contributed by atoms with van der Waals surface area (Å²) in [5, 5.41) is 14.4. The SMILES string of the molecule is CCOC(=O)C1=C(C(=O)OCC)[C@@H]2C3=C(CC(C)(C)N([O])C3(C)C)[C@H]1N2C(=O)OC(C)(C)C. The molecular weight excluding hydrogens is 428 g/mol. The molecule has 183 valence electrons. The van der Waals surface area contributed by atoms with Gasteiger partial charge >= 0.3 is 18.0 Å². The Hall–Kier alpha value is -2.39. The molecule has 0 aromatic rings. The van der Waals surface area contributed by atoms with Gasteiger partial charge in [-0.05, 0) is 79.9 Å². The molecule has 0 N–H and O–H groups in total. The van der Waals surface area contributed by atoms with Gasteiger partial charge in [0.15, 0.2) is 0 Å². The van der Waals surface area contributed by atoms with Crippen molar-refractivity contribution in [2.75, 3.05) is 13.2 Å². The molecule has 0 saturated carbocycles.